The van der Waals surface area contributed by atoms with Crippen LogP contribution >= 0.6 is 0 Å². The molecule has 0 aliphatic carbocycles. The molecular formula is C15H27NO3. The number of carbonyl (C=O) groups is 1. The van der Waals surface area contributed by atoms with Crippen molar-refractivity contribution in [3.8, 4) is 0 Å². The van der Waals surface area contributed by atoms with E-state index >= 15 is 0 Å². The van der Waals surface area contributed by atoms with Crippen molar-refractivity contribution in [1.29, 1.82) is 0 Å². The van der Waals surface area contributed by atoms with E-state index in [1.165, 1.54) is 0 Å². The van der Waals surface area contributed by atoms with Gasteiger partial charge in [-0.2, -0.15) is 0 Å². The Morgan fingerprint density at radius 2 is 2.21 bits per heavy atom. The predicted octanol–water partition coefficient (Wildman–Crippen LogP) is 2.23. The van der Waals surface area contributed by atoms with Crippen LogP contribution in [0.2, 0.25) is 0 Å². The molecule has 0 fully saturated rings. The summed E-state index contributed by atoms with van der Waals surface area (Å²) in [6.45, 7) is 7.70. The van der Waals surface area contributed by atoms with Gasteiger partial charge in [0, 0.05) is 13.2 Å². The van der Waals surface area contributed by atoms with Crippen molar-refractivity contribution in [1.82, 2.24) is 5.32 Å². The molecule has 1 amide bonds. The summed E-state index contributed by atoms with van der Waals surface area (Å²) in [6, 6.07) is 0. The van der Waals surface area contributed by atoms with Crippen molar-refractivity contribution in [2.24, 2.45) is 11.8 Å². The van der Waals surface area contributed by atoms with Crippen molar-refractivity contribution in [2.75, 3.05) is 19.8 Å². The lowest BCUT2D eigenvalue weighted by Crippen LogP contribution is -2.32. The maximum Gasteiger partial charge on any atom is 0.250 e. The largest absolute Gasteiger partial charge is 0.498 e. The maximum atomic E-state index is 12.1. The second-order valence-electron chi connectivity index (χ2n) is 5.70. The first-order valence-electron chi connectivity index (χ1n) is 7.26. The number of hydrogen-bond donors (Lipinski definition) is 2. The van der Waals surface area contributed by atoms with Crippen LogP contribution in [0.5, 0.6) is 0 Å². The van der Waals surface area contributed by atoms with Crippen LogP contribution in [-0.2, 0) is 9.53 Å². The summed E-state index contributed by atoms with van der Waals surface area (Å²) < 4.78 is 5.41. The van der Waals surface area contributed by atoms with E-state index in [9.17, 15) is 4.79 Å². The standard InChI is InChI=1S/C15H27NO3/c1-11(2)9-13(6-7-17)10-16-15(18)14-5-4-8-19-12(14)3/h11,13,17H,4-10H2,1-3H3,(H,16,18). The molecular weight excluding hydrogens is 242 g/mol. The third-order valence-electron chi connectivity index (χ3n) is 3.48. The summed E-state index contributed by atoms with van der Waals surface area (Å²) >= 11 is 0. The molecule has 0 saturated carbocycles. The van der Waals surface area contributed by atoms with E-state index < -0.39 is 0 Å². The Morgan fingerprint density at radius 3 is 2.79 bits per heavy atom. The molecule has 4 heteroatoms. The molecule has 2 N–H and O–H groups in total. The fourth-order valence-corrected chi connectivity index (χ4v) is 2.51. The minimum absolute atomic E-state index is 0.0103. The first kappa shape index (κ1) is 16.0. The number of aliphatic hydroxyl groups is 1. The van der Waals surface area contributed by atoms with Crippen LogP contribution in [0.15, 0.2) is 11.3 Å². The minimum Gasteiger partial charge on any atom is -0.498 e. The van der Waals surface area contributed by atoms with Gasteiger partial charge in [-0.05, 0) is 44.4 Å². The molecule has 0 aromatic rings. The Hall–Kier alpha value is -1.03. The average molecular weight is 269 g/mol. The molecule has 1 heterocycles. The highest BCUT2D eigenvalue weighted by atomic mass is 16.5. The van der Waals surface area contributed by atoms with Gasteiger partial charge in [-0.15, -0.1) is 0 Å². The molecule has 0 aromatic carbocycles. The van der Waals surface area contributed by atoms with E-state index in [0.717, 1.165) is 37.0 Å². The van der Waals surface area contributed by atoms with Gasteiger partial charge in [0.15, 0.2) is 0 Å². The topological polar surface area (TPSA) is 58.6 Å². The number of ether oxygens (including phenoxy) is 1. The minimum atomic E-state index is -0.0103. The molecule has 110 valence electrons. The average Bonchev–Trinajstić information content (AvgIpc) is 2.36. The van der Waals surface area contributed by atoms with Gasteiger partial charge in [0.1, 0.15) is 5.76 Å². The second-order valence-corrected chi connectivity index (χ2v) is 5.70. The number of carbonyl (C=O) groups excluding carboxylic acids is 1. The highest BCUT2D eigenvalue weighted by molar-refractivity contribution is 5.93. The lowest BCUT2D eigenvalue weighted by Gasteiger charge is -2.21. The Kier molecular flexibility index (Phi) is 6.92. The van der Waals surface area contributed by atoms with Crippen molar-refractivity contribution < 1.29 is 14.6 Å². The molecule has 0 saturated heterocycles. The third-order valence-corrected chi connectivity index (χ3v) is 3.48. The third kappa shape index (κ3) is 5.64. The van der Waals surface area contributed by atoms with E-state index in [0.29, 0.717) is 25.0 Å². The van der Waals surface area contributed by atoms with E-state index in [-0.39, 0.29) is 12.5 Å². The van der Waals surface area contributed by atoms with Gasteiger partial charge in [-0.3, -0.25) is 4.79 Å². The Bertz CT molecular complexity index is 323. The first-order valence-corrected chi connectivity index (χ1v) is 7.26. The molecule has 1 atom stereocenters. The molecule has 1 rings (SSSR count). The predicted molar refractivity (Wildman–Crippen MR) is 75.5 cm³/mol. The zero-order chi connectivity index (χ0) is 14.3. The molecule has 19 heavy (non-hydrogen) atoms. The van der Waals surface area contributed by atoms with E-state index in [2.05, 4.69) is 19.2 Å². The fraction of sp³-hybridized carbons (Fsp3) is 0.800. The number of nitrogens with one attached hydrogen (secondary N) is 1. The number of allylic oxidation sites excluding steroid dienone is 1. The van der Waals surface area contributed by atoms with Gasteiger partial charge >= 0.3 is 0 Å². The SMILES string of the molecule is CC1=C(C(=O)NCC(CCO)CC(C)C)CCCO1. The Labute approximate surface area is 116 Å². The molecule has 1 aliphatic rings. The van der Waals surface area contributed by atoms with Crippen LogP contribution in [0.25, 0.3) is 0 Å². The lowest BCUT2D eigenvalue weighted by atomic mass is 9.94. The van der Waals surface area contributed by atoms with Gasteiger partial charge in [0.25, 0.3) is 5.91 Å². The number of hydrogen-bond acceptors (Lipinski definition) is 3. The van der Waals surface area contributed by atoms with Crippen LogP contribution in [0.3, 0.4) is 0 Å². The normalized spacial score (nSPS) is 17.3. The molecule has 0 spiro atoms. The van der Waals surface area contributed by atoms with E-state index in [4.69, 9.17) is 9.84 Å². The van der Waals surface area contributed by atoms with E-state index in [1.54, 1.807) is 0 Å². The molecule has 1 unspecified atom stereocenters. The molecule has 1 aliphatic heterocycles. The van der Waals surface area contributed by atoms with Gasteiger partial charge in [0.05, 0.1) is 12.2 Å². The van der Waals surface area contributed by atoms with Crippen LogP contribution in [0.1, 0.15) is 46.5 Å². The van der Waals surface area contributed by atoms with Crippen molar-refractivity contribution in [2.45, 2.75) is 46.5 Å². The second kappa shape index (κ2) is 8.20. The quantitative estimate of drug-likeness (QED) is 0.745. The summed E-state index contributed by atoms with van der Waals surface area (Å²) in [5.74, 6) is 1.67. The highest BCUT2D eigenvalue weighted by Crippen LogP contribution is 2.19. The summed E-state index contributed by atoms with van der Waals surface area (Å²) in [5.41, 5.74) is 0.776. The maximum absolute atomic E-state index is 12.1. The highest BCUT2D eigenvalue weighted by Gasteiger charge is 2.19. The molecule has 0 bridgehead atoms. The monoisotopic (exact) mass is 269 g/mol. The van der Waals surface area contributed by atoms with E-state index in [1.807, 2.05) is 6.92 Å². The number of aliphatic hydroxyl groups excluding tert-OH is 1. The van der Waals surface area contributed by atoms with Gasteiger partial charge in [-0.25, -0.2) is 0 Å². The lowest BCUT2D eigenvalue weighted by molar-refractivity contribution is -0.118. The fourth-order valence-electron chi connectivity index (χ4n) is 2.51. The summed E-state index contributed by atoms with van der Waals surface area (Å²) in [5, 5.41) is 12.0. The molecule has 4 nitrogen and oxygen atoms in total. The number of rotatable bonds is 7. The van der Waals surface area contributed by atoms with Crippen molar-refractivity contribution in [3.63, 3.8) is 0 Å². The van der Waals surface area contributed by atoms with Crippen LogP contribution in [0, 0.1) is 11.8 Å². The zero-order valence-electron chi connectivity index (χ0n) is 12.4. The molecule has 0 radical (unpaired) electrons. The summed E-state index contributed by atoms with van der Waals surface area (Å²) in [6.07, 6.45) is 3.47. The van der Waals surface area contributed by atoms with Crippen LogP contribution < -0.4 is 5.32 Å². The van der Waals surface area contributed by atoms with Crippen molar-refractivity contribution in [3.05, 3.63) is 11.3 Å². The molecule has 0 aromatic heterocycles. The smallest absolute Gasteiger partial charge is 0.250 e. The summed E-state index contributed by atoms with van der Waals surface area (Å²) in [7, 11) is 0. The summed E-state index contributed by atoms with van der Waals surface area (Å²) in [4.78, 5) is 12.1. The first-order chi connectivity index (χ1) is 9.04. The van der Waals surface area contributed by atoms with Gasteiger partial charge < -0.3 is 15.2 Å². The Morgan fingerprint density at radius 1 is 1.47 bits per heavy atom. The number of amides is 1. The Balaban J connectivity index is 2.46. The van der Waals surface area contributed by atoms with Crippen molar-refractivity contribution >= 4 is 5.91 Å². The zero-order valence-corrected chi connectivity index (χ0v) is 12.4. The van der Waals surface area contributed by atoms with Crippen LogP contribution in [0.4, 0.5) is 0 Å². The van der Waals surface area contributed by atoms with Gasteiger partial charge in [0.2, 0.25) is 0 Å². The van der Waals surface area contributed by atoms with Crippen LogP contribution in [-0.4, -0.2) is 30.8 Å². The van der Waals surface area contributed by atoms with Gasteiger partial charge in [-0.1, -0.05) is 13.8 Å².